The van der Waals surface area contributed by atoms with E-state index in [9.17, 15) is 32.5 Å². The summed E-state index contributed by atoms with van der Waals surface area (Å²) < 4.78 is 41.7. The summed E-state index contributed by atoms with van der Waals surface area (Å²) in [4.78, 5) is 38.4. The molecule has 0 aliphatic carbocycles. The molecule has 40 heavy (non-hydrogen) atoms. The summed E-state index contributed by atoms with van der Waals surface area (Å²) in [5.41, 5.74) is 0.322. The van der Waals surface area contributed by atoms with Gasteiger partial charge in [-0.2, -0.15) is 0 Å². The van der Waals surface area contributed by atoms with Crippen molar-refractivity contribution in [1.82, 2.24) is 10.2 Å². The molecule has 0 radical (unpaired) electrons. The molecule has 0 bridgehead atoms. The minimum atomic E-state index is -4.29. The molecule has 212 valence electrons. The molecular weight excluding hydrogens is 539 g/mol. The number of halogens is 1. The quantitative estimate of drug-likeness (QED) is 0.186. The van der Waals surface area contributed by atoms with E-state index in [0.29, 0.717) is 12.1 Å². The highest BCUT2D eigenvalue weighted by Crippen LogP contribution is 2.26. The van der Waals surface area contributed by atoms with Crippen molar-refractivity contribution in [2.24, 2.45) is 0 Å². The molecule has 0 aromatic heterocycles. The highest BCUT2D eigenvalue weighted by atomic mass is 32.2. The molecule has 3 aromatic carbocycles. The monoisotopic (exact) mass is 570 g/mol. The van der Waals surface area contributed by atoms with Gasteiger partial charge in [0.1, 0.15) is 18.4 Å². The lowest BCUT2D eigenvalue weighted by molar-refractivity contribution is -0.384. The van der Waals surface area contributed by atoms with E-state index in [-0.39, 0.29) is 22.8 Å². The van der Waals surface area contributed by atoms with Crippen LogP contribution in [0.2, 0.25) is 0 Å². The number of unbranched alkanes of at least 4 members (excludes halogenated alkanes) is 1. The van der Waals surface area contributed by atoms with Crippen molar-refractivity contribution in [1.29, 1.82) is 0 Å². The summed E-state index contributed by atoms with van der Waals surface area (Å²) in [5, 5.41) is 13.9. The van der Waals surface area contributed by atoms with E-state index in [4.69, 9.17) is 0 Å². The molecule has 0 saturated carbocycles. The van der Waals surface area contributed by atoms with E-state index >= 15 is 0 Å². The fraction of sp³-hybridized carbons (Fsp3) is 0.286. The molecule has 0 spiro atoms. The Morgan fingerprint density at radius 2 is 1.62 bits per heavy atom. The van der Waals surface area contributed by atoms with Gasteiger partial charge in [0, 0.05) is 25.2 Å². The van der Waals surface area contributed by atoms with Crippen molar-refractivity contribution in [2.45, 2.75) is 44.2 Å². The SMILES string of the molecule is CCCCNC(=O)[C@@H](C)N(Cc1ccc(F)cc1)C(=O)CN(c1ccc([N+](=O)[O-])cc1)S(=O)(=O)c1ccccc1. The van der Waals surface area contributed by atoms with Gasteiger partial charge < -0.3 is 10.2 Å². The van der Waals surface area contributed by atoms with Gasteiger partial charge in [-0.05, 0) is 55.3 Å². The number of hydrogen-bond donors (Lipinski definition) is 1. The highest BCUT2D eigenvalue weighted by molar-refractivity contribution is 7.92. The van der Waals surface area contributed by atoms with Gasteiger partial charge in [-0.25, -0.2) is 12.8 Å². The Bertz CT molecular complexity index is 1420. The zero-order chi connectivity index (χ0) is 29.3. The molecule has 0 saturated heterocycles. The molecule has 10 nitrogen and oxygen atoms in total. The molecule has 3 rings (SSSR count). The number of non-ortho nitro benzene ring substituents is 1. The molecule has 2 amide bonds. The number of hydrogen-bond acceptors (Lipinski definition) is 6. The third-order valence-electron chi connectivity index (χ3n) is 6.22. The first-order valence-corrected chi connectivity index (χ1v) is 14.1. The molecular formula is C28H31FN4O6S. The van der Waals surface area contributed by atoms with Gasteiger partial charge in [0.2, 0.25) is 11.8 Å². The Hall–Kier alpha value is -4.32. The van der Waals surface area contributed by atoms with Crippen LogP contribution in [0.25, 0.3) is 0 Å². The maximum absolute atomic E-state index is 13.8. The summed E-state index contributed by atoms with van der Waals surface area (Å²) in [6, 6.07) is 16.7. The van der Waals surface area contributed by atoms with Crippen molar-refractivity contribution in [2.75, 3.05) is 17.4 Å². The molecule has 0 aliphatic heterocycles. The maximum Gasteiger partial charge on any atom is 0.269 e. The number of nitro groups is 1. The first-order valence-electron chi connectivity index (χ1n) is 12.7. The van der Waals surface area contributed by atoms with Crippen molar-refractivity contribution in [3.63, 3.8) is 0 Å². The second kappa shape index (κ2) is 13.7. The summed E-state index contributed by atoms with van der Waals surface area (Å²) >= 11 is 0. The number of nitrogens with zero attached hydrogens (tertiary/aromatic N) is 3. The van der Waals surface area contributed by atoms with Crippen LogP contribution < -0.4 is 9.62 Å². The van der Waals surface area contributed by atoms with E-state index < -0.39 is 45.2 Å². The number of nitrogens with one attached hydrogen (secondary N) is 1. The summed E-state index contributed by atoms with van der Waals surface area (Å²) in [6.07, 6.45) is 1.60. The average Bonchev–Trinajstić information content (AvgIpc) is 2.95. The van der Waals surface area contributed by atoms with Crippen molar-refractivity contribution >= 4 is 33.2 Å². The third kappa shape index (κ3) is 7.63. The summed E-state index contributed by atoms with van der Waals surface area (Å²) in [5.74, 6) is -1.58. The molecule has 12 heteroatoms. The Morgan fingerprint density at radius 3 is 2.20 bits per heavy atom. The zero-order valence-electron chi connectivity index (χ0n) is 22.2. The first-order chi connectivity index (χ1) is 19.0. The smallest absolute Gasteiger partial charge is 0.269 e. The topological polar surface area (TPSA) is 130 Å². The third-order valence-corrected chi connectivity index (χ3v) is 8.01. The van der Waals surface area contributed by atoms with E-state index in [2.05, 4.69) is 5.32 Å². The minimum absolute atomic E-state index is 0.0320. The number of amides is 2. The maximum atomic E-state index is 13.8. The molecule has 0 aliphatic rings. The van der Waals surface area contributed by atoms with Gasteiger partial charge in [-0.3, -0.25) is 24.0 Å². The van der Waals surface area contributed by atoms with Crippen LogP contribution in [-0.2, 0) is 26.2 Å². The number of carbonyl (C=O) groups is 2. The summed E-state index contributed by atoms with van der Waals surface area (Å²) in [6.45, 7) is 3.14. The van der Waals surface area contributed by atoms with Crippen LogP contribution in [0.15, 0.2) is 83.8 Å². The van der Waals surface area contributed by atoms with E-state index in [0.717, 1.165) is 29.3 Å². The van der Waals surface area contributed by atoms with Crippen LogP contribution >= 0.6 is 0 Å². The lowest BCUT2D eigenvalue weighted by Crippen LogP contribution is -2.51. The number of rotatable bonds is 13. The van der Waals surface area contributed by atoms with E-state index in [1.165, 1.54) is 72.5 Å². The fourth-order valence-electron chi connectivity index (χ4n) is 3.89. The first kappa shape index (κ1) is 30.2. The second-order valence-corrected chi connectivity index (χ2v) is 10.9. The zero-order valence-corrected chi connectivity index (χ0v) is 23.0. The standard InChI is InChI=1S/C28H31FN4O6S/c1-3-4-18-30-28(35)21(2)31(19-22-10-12-23(29)13-11-22)27(34)20-32(24-14-16-25(17-15-24)33(36)37)40(38,39)26-8-6-5-7-9-26/h5-17,21H,3-4,18-20H2,1-2H3,(H,30,35)/t21-/m1/s1. The number of nitro benzene ring substituents is 1. The Kier molecular flexibility index (Phi) is 10.3. The highest BCUT2D eigenvalue weighted by Gasteiger charge is 2.32. The molecule has 0 fully saturated rings. The van der Waals surface area contributed by atoms with Crippen LogP contribution in [0.5, 0.6) is 0 Å². The second-order valence-electron chi connectivity index (χ2n) is 9.07. The molecule has 3 aromatic rings. The fourth-order valence-corrected chi connectivity index (χ4v) is 5.33. The Morgan fingerprint density at radius 1 is 1.00 bits per heavy atom. The predicted octanol–water partition coefficient (Wildman–Crippen LogP) is 4.26. The van der Waals surface area contributed by atoms with Crippen LogP contribution in [0, 0.1) is 15.9 Å². The number of anilines is 1. The normalized spacial score (nSPS) is 11.9. The number of benzene rings is 3. The van der Waals surface area contributed by atoms with Crippen molar-refractivity contribution in [3.8, 4) is 0 Å². The van der Waals surface area contributed by atoms with Crippen LogP contribution in [0.1, 0.15) is 32.3 Å². The molecule has 1 N–H and O–H groups in total. The van der Waals surface area contributed by atoms with Gasteiger partial charge in [-0.1, -0.05) is 43.7 Å². The van der Waals surface area contributed by atoms with Crippen LogP contribution in [-0.4, -0.2) is 49.2 Å². The van der Waals surface area contributed by atoms with Gasteiger partial charge in [0.25, 0.3) is 15.7 Å². The van der Waals surface area contributed by atoms with E-state index in [1.54, 1.807) is 6.07 Å². The molecule has 1 atom stereocenters. The van der Waals surface area contributed by atoms with Crippen molar-refractivity contribution < 1.29 is 27.3 Å². The molecule has 0 heterocycles. The van der Waals surface area contributed by atoms with Crippen molar-refractivity contribution in [3.05, 3.63) is 100 Å². The Balaban J connectivity index is 2.00. The average molecular weight is 571 g/mol. The lowest BCUT2D eigenvalue weighted by Gasteiger charge is -2.32. The molecule has 0 unspecified atom stereocenters. The Labute approximate surface area is 232 Å². The van der Waals surface area contributed by atoms with Crippen LogP contribution in [0.4, 0.5) is 15.8 Å². The van der Waals surface area contributed by atoms with Gasteiger partial charge in [-0.15, -0.1) is 0 Å². The van der Waals surface area contributed by atoms with Gasteiger partial charge in [0.15, 0.2) is 0 Å². The number of carbonyl (C=O) groups excluding carboxylic acids is 2. The predicted molar refractivity (Wildman–Crippen MR) is 148 cm³/mol. The van der Waals surface area contributed by atoms with E-state index in [1.807, 2.05) is 6.92 Å². The lowest BCUT2D eigenvalue weighted by atomic mass is 10.1. The minimum Gasteiger partial charge on any atom is -0.354 e. The van der Waals surface area contributed by atoms with Crippen LogP contribution in [0.3, 0.4) is 0 Å². The van der Waals surface area contributed by atoms with Gasteiger partial charge >= 0.3 is 0 Å². The number of sulfonamides is 1. The van der Waals surface area contributed by atoms with Gasteiger partial charge in [0.05, 0.1) is 15.5 Å². The largest absolute Gasteiger partial charge is 0.354 e. The summed E-state index contributed by atoms with van der Waals surface area (Å²) in [7, 11) is -4.29.